The monoisotopic (exact) mass is 318 g/mol. The molecule has 4 heteroatoms. The highest BCUT2D eigenvalue weighted by molar-refractivity contribution is 5.82. The Hall–Kier alpha value is -1.39. The van der Waals surface area contributed by atoms with E-state index in [0.717, 1.165) is 19.4 Å². The Bertz CT molecular complexity index is 504. The molecule has 1 aliphatic heterocycles. The van der Waals surface area contributed by atoms with Crippen molar-refractivity contribution in [3.05, 3.63) is 35.4 Å². The molecule has 1 unspecified atom stereocenters. The average Bonchev–Trinajstić information content (AvgIpc) is 2.77. The number of hydrogen-bond acceptors (Lipinski definition) is 3. The Morgan fingerprint density at radius 1 is 1.30 bits per heavy atom. The molecule has 1 heterocycles. The topological polar surface area (TPSA) is 32.8 Å². The maximum absolute atomic E-state index is 13.1. The van der Waals surface area contributed by atoms with Crippen LogP contribution in [0.15, 0.2) is 24.3 Å². The molecule has 0 spiro atoms. The summed E-state index contributed by atoms with van der Waals surface area (Å²) < 4.78 is 5.22. The Morgan fingerprint density at radius 2 is 2.09 bits per heavy atom. The fraction of sp³-hybridized carbons (Fsp3) is 0.632. The number of carbonyl (C=O) groups excluding carboxylic acids is 1. The number of methoxy groups -OCH3 is 1. The first-order valence-electron chi connectivity index (χ1n) is 8.66. The van der Waals surface area contributed by atoms with Gasteiger partial charge < -0.3 is 9.64 Å². The second-order valence-corrected chi connectivity index (χ2v) is 6.52. The van der Waals surface area contributed by atoms with E-state index in [0.29, 0.717) is 19.7 Å². The first-order valence-corrected chi connectivity index (χ1v) is 8.66. The van der Waals surface area contributed by atoms with Crippen molar-refractivity contribution in [2.24, 2.45) is 0 Å². The summed E-state index contributed by atoms with van der Waals surface area (Å²) in [6, 6.07) is 8.31. The molecule has 0 N–H and O–H groups in total. The summed E-state index contributed by atoms with van der Waals surface area (Å²) in [7, 11) is 3.77. The molecule has 1 aromatic carbocycles. The molecule has 1 atom stereocenters. The number of likely N-dealkylation sites (tertiary alicyclic amines) is 1. The average molecular weight is 318 g/mol. The number of nitrogens with zero attached hydrogens (tertiary/aromatic N) is 2. The maximum Gasteiger partial charge on any atom is 0.240 e. The van der Waals surface area contributed by atoms with Crippen molar-refractivity contribution in [3.63, 3.8) is 0 Å². The third-order valence-electron chi connectivity index (χ3n) is 4.80. The van der Waals surface area contributed by atoms with Crippen molar-refractivity contribution < 1.29 is 9.53 Å². The highest BCUT2D eigenvalue weighted by Gasteiger charge is 2.28. The van der Waals surface area contributed by atoms with Crippen LogP contribution in [0.4, 0.5) is 0 Å². The molecule has 1 amide bonds. The number of ether oxygens (including phenoxy) is 1. The van der Waals surface area contributed by atoms with Crippen molar-refractivity contribution >= 4 is 5.91 Å². The fourth-order valence-electron chi connectivity index (χ4n) is 3.24. The van der Waals surface area contributed by atoms with Gasteiger partial charge in [0.2, 0.25) is 5.91 Å². The summed E-state index contributed by atoms with van der Waals surface area (Å²) in [5.74, 6) is 0.245. The molecule has 0 saturated carbocycles. The van der Waals surface area contributed by atoms with Crippen molar-refractivity contribution in [3.8, 4) is 0 Å². The minimum atomic E-state index is 0.0124. The van der Waals surface area contributed by atoms with Crippen LogP contribution in [0.25, 0.3) is 0 Å². The largest absolute Gasteiger partial charge is 0.383 e. The molecule has 0 bridgehead atoms. The molecule has 1 aromatic rings. The van der Waals surface area contributed by atoms with Gasteiger partial charge in [0.25, 0.3) is 0 Å². The van der Waals surface area contributed by atoms with Gasteiger partial charge in [-0.25, -0.2) is 0 Å². The molecule has 23 heavy (non-hydrogen) atoms. The Kier molecular flexibility index (Phi) is 7.06. The molecular weight excluding hydrogens is 288 g/mol. The molecule has 0 radical (unpaired) electrons. The summed E-state index contributed by atoms with van der Waals surface area (Å²) >= 11 is 0. The van der Waals surface area contributed by atoms with E-state index in [1.54, 1.807) is 7.11 Å². The van der Waals surface area contributed by atoms with Gasteiger partial charge in [0, 0.05) is 20.2 Å². The SMILES string of the molecule is COCCN(Cc1ccccc1C)C(=O)C1CCCCCN1C. The van der Waals surface area contributed by atoms with E-state index in [1.807, 2.05) is 17.0 Å². The smallest absolute Gasteiger partial charge is 0.240 e. The van der Waals surface area contributed by atoms with E-state index < -0.39 is 0 Å². The van der Waals surface area contributed by atoms with Crippen LogP contribution in [-0.4, -0.2) is 55.6 Å². The summed E-state index contributed by atoms with van der Waals surface area (Å²) in [4.78, 5) is 17.3. The van der Waals surface area contributed by atoms with Crippen molar-refractivity contribution in [1.29, 1.82) is 0 Å². The molecule has 1 aliphatic rings. The molecule has 0 aromatic heterocycles. The predicted octanol–water partition coefficient (Wildman–Crippen LogP) is 2.84. The molecule has 128 valence electrons. The standard InChI is InChI=1S/C19H30N2O2/c1-16-9-6-7-10-17(16)15-21(13-14-23-3)19(22)18-11-5-4-8-12-20(18)2/h6-7,9-10,18H,4-5,8,11-15H2,1-3H3. The highest BCUT2D eigenvalue weighted by atomic mass is 16.5. The number of amides is 1. The lowest BCUT2D eigenvalue weighted by Crippen LogP contribution is -2.47. The van der Waals surface area contributed by atoms with Gasteiger partial charge in [-0.15, -0.1) is 0 Å². The molecule has 1 fully saturated rings. The fourth-order valence-corrected chi connectivity index (χ4v) is 3.24. The molecular formula is C19H30N2O2. The van der Waals surface area contributed by atoms with Crippen LogP contribution in [-0.2, 0) is 16.1 Å². The van der Waals surface area contributed by atoms with Crippen molar-refractivity contribution in [2.45, 2.75) is 45.2 Å². The van der Waals surface area contributed by atoms with E-state index in [-0.39, 0.29) is 11.9 Å². The normalized spacial score (nSPS) is 19.3. The summed E-state index contributed by atoms with van der Waals surface area (Å²) in [6.45, 7) is 5.01. The zero-order valence-electron chi connectivity index (χ0n) is 14.8. The van der Waals surface area contributed by atoms with Crippen LogP contribution in [0.5, 0.6) is 0 Å². The summed E-state index contributed by atoms with van der Waals surface area (Å²) in [6.07, 6.45) is 4.52. The number of benzene rings is 1. The lowest BCUT2D eigenvalue weighted by molar-refractivity contribution is -0.138. The summed E-state index contributed by atoms with van der Waals surface area (Å²) in [5.41, 5.74) is 2.45. The van der Waals surface area contributed by atoms with Gasteiger partial charge in [-0.2, -0.15) is 0 Å². The second kappa shape index (κ2) is 9.04. The van der Waals surface area contributed by atoms with Crippen LogP contribution < -0.4 is 0 Å². The van der Waals surface area contributed by atoms with Crippen LogP contribution in [0.2, 0.25) is 0 Å². The quantitative estimate of drug-likeness (QED) is 0.808. The number of aryl methyl sites for hydroxylation is 1. The van der Waals surface area contributed by atoms with Gasteiger partial charge in [-0.05, 0) is 44.5 Å². The lowest BCUT2D eigenvalue weighted by Gasteiger charge is -2.31. The molecule has 4 nitrogen and oxygen atoms in total. The number of carbonyl (C=O) groups is 1. The van der Waals surface area contributed by atoms with Gasteiger partial charge in [0.15, 0.2) is 0 Å². The zero-order valence-corrected chi connectivity index (χ0v) is 14.8. The Balaban J connectivity index is 2.12. The van der Waals surface area contributed by atoms with E-state index in [1.165, 1.54) is 24.0 Å². The molecule has 2 rings (SSSR count). The Morgan fingerprint density at radius 3 is 2.83 bits per heavy atom. The van der Waals surface area contributed by atoms with E-state index in [9.17, 15) is 4.79 Å². The number of hydrogen-bond donors (Lipinski definition) is 0. The van der Waals surface area contributed by atoms with Gasteiger partial charge in [-0.1, -0.05) is 37.1 Å². The number of rotatable bonds is 6. The molecule has 1 saturated heterocycles. The highest BCUT2D eigenvalue weighted by Crippen LogP contribution is 2.19. The zero-order chi connectivity index (χ0) is 16.7. The third-order valence-corrected chi connectivity index (χ3v) is 4.80. The van der Waals surface area contributed by atoms with Crippen LogP contribution >= 0.6 is 0 Å². The van der Waals surface area contributed by atoms with Crippen molar-refractivity contribution in [2.75, 3.05) is 33.9 Å². The first kappa shape index (κ1) is 18.0. The predicted molar refractivity (Wildman–Crippen MR) is 93.4 cm³/mol. The lowest BCUT2D eigenvalue weighted by atomic mass is 10.1. The van der Waals surface area contributed by atoms with Crippen molar-refractivity contribution in [1.82, 2.24) is 9.80 Å². The van der Waals surface area contributed by atoms with Gasteiger partial charge in [0.05, 0.1) is 12.6 Å². The van der Waals surface area contributed by atoms with Gasteiger partial charge in [-0.3, -0.25) is 9.69 Å². The first-order chi connectivity index (χ1) is 11.1. The van der Waals surface area contributed by atoms with Crippen LogP contribution in [0.1, 0.15) is 36.8 Å². The van der Waals surface area contributed by atoms with Crippen LogP contribution in [0, 0.1) is 6.92 Å². The summed E-state index contributed by atoms with van der Waals surface area (Å²) in [5, 5.41) is 0. The molecule has 0 aliphatic carbocycles. The number of likely N-dealkylation sites (N-methyl/N-ethyl adjacent to an activating group) is 1. The second-order valence-electron chi connectivity index (χ2n) is 6.52. The maximum atomic E-state index is 13.1. The minimum absolute atomic E-state index is 0.0124. The van der Waals surface area contributed by atoms with E-state index >= 15 is 0 Å². The van der Waals surface area contributed by atoms with E-state index in [4.69, 9.17) is 4.74 Å². The van der Waals surface area contributed by atoms with Gasteiger partial charge >= 0.3 is 0 Å². The minimum Gasteiger partial charge on any atom is -0.383 e. The van der Waals surface area contributed by atoms with Gasteiger partial charge in [0.1, 0.15) is 0 Å². The van der Waals surface area contributed by atoms with Crippen LogP contribution in [0.3, 0.4) is 0 Å². The third kappa shape index (κ3) is 5.05. The Labute approximate surface area is 140 Å². The van der Waals surface area contributed by atoms with E-state index in [2.05, 4.69) is 31.0 Å².